The van der Waals surface area contributed by atoms with Gasteiger partial charge in [0.25, 0.3) is 0 Å². The first-order valence-electron chi connectivity index (χ1n) is 6.24. The van der Waals surface area contributed by atoms with Crippen LogP contribution in [0.15, 0.2) is 18.6 Å². The number of anilines is 1. The maximum atomic E-state index is 5.62. The van der Waals surface area contributed by atoms with Crippen LogP contribution in [-0.4, -0.2) is 26.9 Å². The molecular weight excluding hydrogens is 294 g/mol. The molecule has 0 unspecified atom stereocenters. The van der Waals surface area contributed by atoms with Crippen LogP contribution < -0.4 is 5.73 Å². The topological polar surface area (TPSA) is 67.9 Å². The van der Waals surface area contributed by atoms with Crippen LogP contribution >= 0.6 is 23.7 Å². The summed E-state index contributed by atoms with van der Waals surface area (Å²) in [4.78, 5) is 16.2. The minimum atomic E-state index is 0. The second-order valence-corrected chi connectivity index (χ2v) is 6.09. The summed E-state index contributed by atoms with van der Waals surface area (Å²) in [5.41, 5.74) is 6.74. The molecule has 0 bridgehead atoms. The van der Waals surface area contributed by atoms with E-state index in [1.165, 1.54) is 16.2 Å². The van der Waals surface area contributed by atoms with E-state index in [4.69, 9.17) is 5.73 Å². The van der Waals surface area contributed by atoms with Gasteiger partial charge in [-0.25, -0.2) is 15.0 Å². The Morgan fingerprint density at radius 2 is 1.80 bits per heavy atom. The number of nitrogen functional groups attached to an aromatic ring is 1. The van der Waals surface area contributed by atoms with Crippen molar-refractivity contribution < 1.29 is 0 Å². The van der Waals surface area contributed by atoms with Crippen LogP contribution in [0.2, 0.25) is 0 Å². The molecule has 110 valence electrons. The van der Waals surface area contributed by atoms with Crippen LogP contribution in [0.1, 0.15) is 36.0 Å². The van der Waals surface area contributed by atoms with E-state index in [-0.39, 0.29) is 12.4 Å². The second kappa shape index (κ2) is 7.52. The molecule has 20 heavy (non-hydrogen) atoms. The van der Waals surface area contributed by atoms with Crippen molar-refractivity contribution in [1.82, 2.24) is 19.9 Å². The molecule has 0 aliphatic heterocycles. The van der Waals surface area contributed by atoms with Crippen LogP contribution in [-0.2, 0) is 13.1 Å². The molecule has 0 spiro atoms. The minimum absolute atomic E-state index is 0. The van der Waals surface area contributed by atoms with Gasteiger partial charge in [0, 0.05) is 48.0 Å². The summed E-state index contributed by atoms with van der Waals surface area (Å²) < 4.78 is 0. The summed E-state index contributed by atoms with van der Waals surface area (Å²) in [5.74, 6) is 1.26. The van der Waals surface area contributed by atoms with Crippen molar-refractivity contribution in [2.45, 2.75) is 32.9 Å². The van der Waals surface area contributed by atoms with Crippen molar-refractivity contribution >= 4 is 28.9 Å². The lowest BCUT2D eigenvalue weighted by Crippen LogP contribution is -2.17. The fourth-order valence-electron chi connectivity index (χ4n) is 1.77. The second-order valence-electron chi connectivity index (χ2n) is 4.94. The number of thiazole rings is 1. The van der Waals surface area contributed by atoms with Crippen molar-refractivity contribution in [2.75, 3.05) is 12.8 Å². The third kappa shape index (κ3) is 4.70. The lowest BCUT2D eigenvalue weighted by molar-refractivity contribution is 0.321. The summed E-state index contributed by atoms with van der Waals surface area (Å²) in [6.45, 7) is 5.83. The molecule has 0 atom stereocenters. The standard InChI is InChI=1S/C13H19N5S.ClH/c1-9(2)12-15-4-10(5-16-12)7-18(3)8-11-6-17-13(14)19-11;/h4-6,9H,7-8H2,1-3H3,(H2,14,17);1H. The van der Waals surface area contributed by atoms with E-state index in [2.05, 4.69) is 40.7 Å². The third-order valence-corrected chi connectivity index (χ3v) is 3.50. The SMILES string of the molecule is CC(C)c1ncc(CN(C)Cc2cnc(N)s2)cn1.Cl. The maximum Gasteiger partial charge on any atom is 0.180 e. The molecule has 0 aliphatic carbocycles. The fourth-order valence-corrected chi connectivity index (χ4v) is 2.54. The van der Waals surface area contributed by atoms with E-state index in [0.29, 0.717) is 11.0 Å². The molecule has 0 radical (unpaired) electrons. The summed E-state index contributed by atoms with van der Waals surface area (Å²) in [7, 11) is 2.06. The Morgan fingerprint density at radius 3 is 2.30 bits per heavy atom. The number of hydrogen-bond donors (Lipinski definition) is 1. The molecule has 2 aromatic rings. The zero-order valence-electron chi connectivity index (χ0n) is 11.9. The van der Waals surface area contributed by atoms with Gasteiger partial charge < -0.3 is 5.73 Å². The average Bonchev–Trinajstić information content (AvgIpc) is 2.75. The third-order valence-electron chi connectivity index (χ3n) is 2.69. The number of rotatable bonds is 5. The van der Waals surface area contributed by atoms with Gasteiger partial charge in [-0.05, 0) is 7.05 Å². The van der Waals surface area contributed by atoms with Crippen molar-refractivity contribution in [3.05, 3.63) is 34.9 Å². The smallest absolute Gasteiger partial charge is 0.180 e. The summed E-state index contributed by atoms with van der Waals surface area (Å²) >= 11 is 1.53. The molecule has 2 heterocycles. The highest BCUT2D eigenvalue weighted by Gasteiger charge is 2.07. The lowest BCUT2D eigenvalue weighted by atomic mass is 10.2. The first kappa shape index (κ1) is 16.8. The zero-order valence-corrected chi connectivity index (χ0v) is 13.5. The van der Waals surface area contributed by atoms with E-state index >= 15 is 0 Å². The van der Waals surface area contributed by atoms with Gasteiger partial charge in [-0.1, -0.05) is 13.8 Å². The van der Waals surface area contributed by atoms with E-state index < -0.39 is 0 Å². The maximum absolute atomic E-state index is 5.62. The van der Waals surface area contributed by atoms with Gasteiger partial charge in [0.05, 0.1) is 0 Å². The predicted octanol–water partition coefficient (Wildman–Crippen LogP) is 2.69. The summed E-state index contributed by atoms with van der Waals surface area (Å²) in [6.07, 6.45) is 5.63. The molecule has 0 fully saturated rings. The molecule has 2 N–H and O–H groups in total. The van der Waals surface area contributed by atoms with Crippen molar-refractivity contribution in [3.63, 3.8) is 0 Å². The number of nitrogens with two attached hydrogens (primary N) is 1. The van der Waals surface area contributed by atoms with Gasteiger partial charge in [-0.2, -0.15) is 0 Å². The molecule has 0 saturated carbocycles. The van der Waals surface area contributed by atoms with Gasteiger partial charge in [-0.3, -0.25) is 4.90 Å². The largest absolute Gasteiger partial charge is 0.375 e. The van der Waals surface area contributed by atoms with Gasteiger partial charge >= 0.3 is 0 Å². The highest BCUT2D eigenvalue weighted by atomic mass is 35.5. The Labute approximate surface area is 129 Å². The van der Waals surface area contributed by atoms with Gasteiger partial charge in [0.2, 0.25) is 0 Å². The van der Waals surface area contributed by atoms with Gasteiger partial charge in [0.1, 0.15) is 5.82 Å². The summed E-state index contributed by atoms with van der Waals surface area (Å²) in [5, 5.41) is 0.619. The molecule has 2 rings (SSSR count). The van der Waals surface area contributed by atoms with Crippen LogP contribution in [0.25, 0.3) is 0 Å². The Kier molecular flexibility index (Phi) is 6.32. The summed E-state index contributed by atoms with van der Waals surface area (Å²) in [6, 6.07) is 0. The highest BCUT2D eigenvalue weighted by Crippen LogP contribution is 2.17. The Bertz CT molecular complexity index is 526. The van der Waals surface area contributed by atoms with E-state index in [0.717, 1.165) is 24.5 Å². The monoisotopic (exact) mass is 313 g/mol. The Balaban J connectivity index is 0.00000200. The van der Waals surface area contributed by atoms with Crippen LogP contribution in [0.3, 0.4) is 0 Å². The predicted molar refractivity (Wildman–Crippen MR) is 85.1 cm³/mol. The number of hydrogen-bond acceptors (Lipinski definition) is 6. The fraction of sp³-hybridized carbons (Fsp3) is 0.462. The van der Waals surface area contributed by atoms with Crippen molar-refractivity contribution in [3.8, 4) is 0 Å². The highest BCUT2D eigenvalue weighted by molar-refractivity contribution is 7.15. The van der Waals surface area contributed by atoms with E-state index in [1.807, 2.05) is 18.6 Å². The number of nitrogens with zero attached hydrogens (tertiary/aromatic N) is 4. The van der Waals surface area contributed by atoms with E-state index in [1.54, 1.807) is 0 Å². The van der Waals surface area contributed by atoms with E-state index in [9.17, 15) is 0 Å². The molecule has 0 aliphatic rings. The molecule has 0 saturated heterocycles. The van der Waals surface area contributed by atoms with Crippen LogP contribution in [0.4, 0.5) is 5.13 Å². The number of aromatic nitrogens is 3. The van der Waals surface area contributed by atoms with Crippen molar-refractivity contribution in [1.29, 1.82) is 0 Å². The molecule has 0 aromatic carbocycles. The molecule has 2 aromatic heterocycles. The number of halogens is 1. The quantitative estimate of drug-likeness (QED) is 0.919. The van der Waals surface area contributed by atoms with Gasteiger partial charge in [-0.15, -0.1) is 23.7 Å². The minimum Gasteiger partial charge on any atom is -0.375 e. The molecular formula is C13H20ClN5S. The van der Waals surface area contributed by atoms with Crippen LogP contribution in [0.5, 0.6) is 0 Å². The van der Waals surface area contributed by atoms with Crippen LogP contribution in [0, 0.1) is 0 Å². The first-order chi connectivity index (χ1) is 9.04. The zero-order chi connectivity index (χ0) is 13.8. The molecule has 0 amide bonds. The Morgan fingerprint density at radius 1 is 1.15 bits per heavy atom. The molecule has 7 heteroatoms. The molecule has 5 nitrogen and oxygen atoms in total. The normalized spacial score (nSPS) is 10.8. The average molecular weight is 314 g/mol. The van der Waals surface area contributed by atoms with Gasteiger partial charge in [0.15, 0.2) is 5.13 Å². The van der Waals surface area contributed by atoms with Crippen molar-refractivity contribution in [2.24, 2.45) is 0 Å². The lowest BCUT2D eigenvalue weighted by Gasteiger charge is -2.15. The first-order valence-corrected chi connectivity index (χ1v) is 7.06. The Hall–Kier alpha value is -1.24.